The van der Waals surface area contributed by atoms with Crippen LogP contribution in [-0.2, 0) is 10.0 Å². The monoisotopic (exact) mass is 430 g/mol. The largest absolute Gasteiger partial charge is 0.352 e. The standard InChI is InChI=1S/C23H31N3O3S/c1-18-10-12-21(13-11-18)25-30(28,29)22-9-5-8-20(17-22)23(27)24-14-6-16-26-15-4-3-7-19(26)2/h5,8-13,17,19,25H,3-4,6-7,14-16H2,1-2H3,(H,24,27)/p+1/t19-/m0/s1. The number of hydrogen-bond donors (Lipinski definition) is 3. The van der Waals surface area contributed by atoms with Gasteiger partial charge in [0.1, 0.15) is 0 Å². The van der Waals surface area contributed by atoms with Gasteiger partial charge in [-0.3, -0.25) is 9.52 Å². The Balaban J connectivity index is 1.55. The van der Waals surface area contributed by atoms with Gasteiger partial charge in [0.2, 0.25) is 0 Å². The van der Waals surface area contributed by atoms with E-state index in [0.717, 1.165) is 18.5 Å². The van der Waals surface area contributed by atoms with Gasteiger partial charge in [0.05, 0.1) is 24.0 Å². The van der Waals surface area contributed by atoms with Crippen molar-refractivity contribution in [2.75, 3.05) is 24.4 Å². The zero-order chi connectivity index (χ0) is 21.6. The first-order valence-electron chi connectivity index (χ1n) is 10.7. The summed E-state index contributed by atoms with van der Waals surface area (Å²) in [6, 6.07) is 14.0. The molecule has 7 heteroatoms. The molecule has 2 aromatic carbocycles. The van der Waals surface area contributed by atoms with E-state index in [1.807, 2.05) is 19.1 Å². The van der Waals surface area contributed by atoms with Gasteiger partial charge in [-0.1, -0.05) is 23.8 Å². The Bertz CT molecular complexity index is 958. The molecule has 3 rings (SSSR count). The normalized spacial score (nSPS) is 19.3. The van der Waals surface area contributed by atoms with Crippen LogP contribution in [0.4, 0.5) is 5.69 Å². The Labute approximate surface area is 179 Å². The van der Waals surface area contributed by atoms with Crippen molar-refractivity contribution in [3.05, 3.63) is 59.7 Å². The van der Waals surface area contributed by atoms with Gasteiger partial charge >= 0.3 is 0 Å². The van der Waals surface area contributed by atoms with Gasteiger partial charge in [0.25, 0.3) is 15.9 Å². The van der Waals surface area contributed by atoms with E-state index in [1.165, 1.54) is 37.9 Å². The Morgan fingerprint density at radius 2 is 1.90 bits per heavy atom. The number of quaternary nitrogens is 1. The van der Waals surface area contributed by atoms with Crippen LogP contribution in [0.15, 0.2) is 53.4 Å². The minimum atomic E-state index is -3.76. The first-order valence-corrected chi connectivity index (χ1v) is 12.2. The number of nitrogens with one attached hydrogen (secondary N) is 3. The van der Waals surface area contributed by atoms with Crippen molar-refractivity contribution in [3.8, 4) is 0 Å². The van der Waals surface area contributed by atoms with Gasteiger partial charge in [0.15, 0.2) is 0 Å². The highest BCUT2D eigenvalue weighted by atomic mass is 32.2. The van der Waals surface area contributed by atoms with Gasteiger partial charge in [-0.2, -0.15) is 0 Å². The third-order valence-electron chi connectivity index (χ3n) is 5.75. The van der Waals surface area contributed by atoms with Gasteiger partial charge in [-0.15, -0.1) is 0 Å². The lowest BCUT2D eigenvalue weighted by atomic mass is 10.0. The van der Waals surface area contributed by atoms with Crippen molar-refractivity contribution < 1.29 is 18.1 Å². The highest BCUT2D eigenvalue weighted by Crippen LogP contribution is 2.17. The van der Waals surface area contributed by atoms with Gasteiger partial charge in [-0.25, -0.2) is 8.42 Å². The van der Waals surface area contributed by atoms with Crippen molar-refractivity contribution >= 4 is 21.6 Å². The number of likely N-dealkylation sites (tertiary alicyclic amines) is 1. The van der Waals surface area contributed by atoms with Crippen molar-refractivity contribution in [3.63, 3.8) is 0 Å². The first kappa shape index (κ1) is 22.3. The van der Waals surface area contributed by atoms with Crippen LogP contribution in [0.5, 0.6) is 0 Å². The molecule has 30 heavy (non-hydrogen) atoms. The number of rotatable bonds is 8. The van der Waals surface area contributed by atoms with E-state index < -0.39 is 10.0 Å². The molecular formula is C23H32N3O3S+. The lowest BCUT2D eigenvalue weighted by molar-refractivity contribution is -0.928. The summed E-state index contributed by atoms with van der Waals surface area (Å²) in [5.41, 5.74) is 1.89. The topological polar surface area (TPSA) is 79.7 Å². The fourth-order valence-electron chi connectivity index (χ4n) is 3.88. The Morgan fingerprint density at radius 1 is 1.13 bits per heavy atom. The molecule has 1 saturated heterocycles. The van der Waals surface area contributed by atoms with E-state index in [2.05, 4.69) is 17.0 Å². The molecule has 1 fully saturated rings. The maximum absolute atomic E-state index is 12.7. The van der Waals surface area contributed by atoms with Gasteiger partial charge in [-0.05, 0) is 63.4 Å². The average Bonchev–Trinajstić information content (AvgIpc) is 2.74. The first-order chi connectivity index (χ1) is 14.3. The fourth-order valence-corrected chi connectivity index (χ4v) is 4.99. The molecule has 0 spiro atoms. The van der Waals surface area contributed by atoms with E-state index in [4.69, 9.17) is 0 Å². The van der Waals surface area contributed by atoms with E-state index >= 15 is 0 Å². The molecule has 1 aliphatic rings. The Hall–Kier alpha value is -2.38. The second-order valence-corrected chi connectivity index (χ2v) is 9.85. The average molecular weight is 431 g/mol. The van der Waals surface area contributed by atoms with Crippen LogP contribution in [0.2, 0.25) is 0 Å². The second kappa shape index (κ2) is 10.1. The molecule has 6 nitrogen and oxygen atoms in total. The van der Waals surface area contributed by atoms with Crippen LogP contribution >= 0.6 is 0 Å². The molecule has 1 aliphatic heterocycles. The smallest absolute Gasteiger partial charge is 0.261 e. The maximum atomic E-state index is 12.7. The van der Waals surface area contributed by atoms with Crippen LogP contribution in [0, 0.1) is 6.92 Å². The molecule has 162 valence electrons. The number of anilines is 1. The van der Waals surface area contributed by atoms with Crippen LogP contribution in [-0.4, -0.2) is 40.0 Å². The fraction of sp³-hybridized carbons (Fsp3) is 0.435. The molecule has 0 bridgehead atoms. The quantitative estimate of drug-likeness (QED) is 0.563. The Morgan fingerprint density at radius 3 is 2.63 bits per heavy atom. The van der Waals surface area contributed by atoms with E-state index in [-0.39, 0.29) is 10.8 Å². The summed E-state index contributed by atoms with van der Waals surface area (Å²) in [7, 11) is -3.76. The summed E-state index contributed by atoms with van der Waals surface area (Å²) in [6.07, 6.45) is 4.79. The number of hydrogen-bond acceptors (Lipinski definition) is 3. The number of amides is 1. The third kappa shape index (κ3) is 6.06. The molecule has 0 radical (unpaired) electrons. The Kier molecular flexibility index (Phi) is 7.50. The predicted molar refractivity (Wildman–Crippen MR) is 119 cm³/mol. The summed E-state index contributed by atoms with van der Waals surface area (Å²) in [5, 5.41) is 2.92. The summed E-state index contributed by atoms with van der Waals surface area (Å²) in [6.45, 7) is 7.09. The molecule has 0 aromatic heterocycles. The van der Waals surface area contributed by atoms with Gasteiger partial charge < -0.3 is 10.2 Å². The number of piperidine rings is 1. The summed E-state index contributed by atoms with van der Waals surface area (Å²) >= 11 is 0. The second-order valence-electron chi connectivity index (χ2n) is 8.16. The molecule has 1 unspecified atom stereocenters. The van der Waals surface area contributed by atoms with Crippen LogP contribution in [0.25, 0.3) is 0 Å². The zero-order valence-electron chi connectivity index (χ0n) is 17.8. The number of benzene rings is 2. The highest BCUT2D eigenvalue weighted by molar-refractivity contribution is 7.92. The molecule has 2 atom stereocenters. The van der Waals surface area contributed by atoms with Crippen molar-refractivity contribution in [2.24, 2.45) is 0 Å². The SMILES string of the molecule is Cc1ccc(NS(=O)(=O)c2cccc(C(=O)NCCC[NH+]3CCCC[C@@H]3C)c2)cc1. The summed E-state index contributed by atoms with van der Waals surface area (Å²) in [4.78, 5) is 14.2. The lowest BCUT2D eigenvalue weighted by Gasteiger charge is -2.30. The number of carbonyl (C=O) groups excluding carboxylic acids is 1. The summed E-state index contributed by atoms with van der Waals surface area (Å²) in [5.74, 6) is -0.246. The molecule has 0 aliphatic carbocycles. The van der Waals surface area contributed by atoms with Crippen LogP contribution in [0.3, 0.4) is 0 Å². The van der Waals surface area contributed by atoms with Crippen LogP contribution < -0.4 is 14.9 Å². The molecule has 1 heterocycles. The maximum Gasteiger partial charge on any atom is 0.261 e. The van der Waals surface area contributed by atoms with Crippen molar-refractivity contribution in [1.29, 1.82) is 0 Å². The lowest BCUT2D eigenvalue weighted by Crippen LogP contribution is -3.16. The number of sulfonamides is 1. The zero-order valence-corrected chi connectivity index (χ0v) is 18.6. The van der Waals surface area contributed by atoms with Crippen molar-refractivity contribution in [1.82, 2.24) is 5.32 Å². The van der Waals surface area contributed by atoms with E-state index in [9.17, 15) is 13.2 Å². The molecule has 3 N–H and O–H groups in total. The summed E-state index contributed by atoms with van der Waals surface area (Å²) < 4.78 is 27.9. The predicted octanol–water partition coefficient (Wildman–Crippen LogP) is 2.37. The van der Waals surface area contributed by atoms with E-state index in [0.29, 0.717) is 23.8 Å². The molecular weight excluding hydrogens is 398 g/mol. The van der Waals surface area contributed by atoms with Crippen LogP contribution in [0.1, 0.15) is 48.5 Å². The van der Waals surface area contributed by atoms with E-state index in [1.54, 1.807) is 29.2 Å². The van der Waals surface area contributed by atoms with Gasteiger partial charge in [0, 0.05) is 24.2 Å². The molecule has 0 saturated carbocycles. The molecule has 1 amide bonds. The minimum absolute atomic E-state index is 0.0716. The third-order valence-corrected chi connectivity index (χ3v) is 7.13. The number of carbonyl (C=O) groups is 1. The minimum Gasteiger partial charge on any atom is -0.352 e. The highest BCUT2D eigenvalue weighted by Gasteiger charge is 2.21. The molecule has 2 aromatic rings. The van der Waals surface area contributed by atoms with Crippen molar-refractivity contribution in [2.45, 2.75) is 50.5 Å². The number of aryl methyl sites for hydroxylation is 1.